The number of methoxy groups -OCH3 is 1. The molecule has 118 valence electrons. The number of carbonyl (C=O) groups is 1. The molecule has 1 amide bonds. The fourth-order valence-corrected chi connectivity index (χ4v) is 2.41. The summed E-state index contributed by atoms with van der Waals surface area (Å²) in [6, 6.07) is 5.51. The van der Waals surface area contributed by atoms with E-state index in [1.807, 2.05) is 17.0 Å². The molecule has 1 rings (SSSR count). The van der Waals surface area contributed by atoms with Gasteiger partial charge in [-0.15, -0.1) is 0 Å². The van der Waals surface area contributed by atoms with E-state index in [-0.39, 0.29) is 5.91 Å². The van der Waals surface area contributed by atoms with Crippen molar-refractivity contribution >= 4 is 23.2 Å². The molecule has 0 bridgehead atoms. The van der Waals surface area contributed by atoms with Crippen molar-refractivity contribution in [3.63, 3.8) is 0 Å². The van der Waals surface area contributed by atoms with Crippen LogP contribution in [0.2, 0.25) is 5.02 Å². The number of benzene rings is 1. The van der Waals surface area contributed by atoms with Crippen LogP contribution in [0, 0.1) is 0 Å². The number of hydrogen-bond donors (Lipinski definition) is 1. The second-order valence-corrected chi connectivity index (χ2v) is 5.31. The smallest absolute Gasteiger partial charge is 0.224 e. The second-order valence-electron chi connectivity index (χ2n) is 4.91. The molecule has 0 saturated heterocycles. The topological polar surface area (TPSA) is 41.6 Å². The Morgan fingerprint density at radius 2 is 1.95 bits per heavy atom. The van der Waals surface area contributed by atoms with Crippen molar-refractivity contribution in [2.24, 2.45) is 0 Å². The minimum Gasteiger partial charge on any atom is -0.495 e. The maximum atomic E-state index is 12.1. The van der Waals surface area contributed by atoms with Gasteiger partial charge in [-0.2, -0.15) is 0 Å². The molecular weight excluding hydrogens is 288 g/mol. The van der Waals surface area contributed by atoms with Crippen molar-refractivity contribution in [3.05, 3.63) is 23.2 Å². The van der Waals surface area contributed by atoms with Crippen LogP contribution in [0.15, 0.2) is 18.2 Å². The Balaban J connectivity index is 2.45. The Morgan fingerprint density at radius 3 is 2.48 bits per heavy atom. The average Bonchev–Trinajstić information content (AvgIpc) is 2.47. The molecular formula is C16H25ClN2O2. The lowest BCUT2D eigenvalue weighted by Gasteiger charge is -2.21. The third-order valence-corrected chi connectivity index (χ3v) is 3.45. The van der Waals surface area contributed by atoms with Crippen LogP contribution in [0.3, 0.4) is 0 Å². The number of halogens is 1. The van der Waals surface area contributed by atoms with Gasteiger partial charge in [0.05, 0.1) is 12.1 Å². The zero-order valence-corrected chi connectivity index (χ0v) is 13.9. The molecule has 0 fully saturated rings. The van der Waals surface area contributed by atoms with E-state index in [1.165, 1.54) is 0 Å². The Labute approximate surface area is 132 Å². The molecule has 0 unspecified atom stereocenters. The Bertz CT molecular complexity index is 446. The molecule has 1 aromatic carbocycles. The molecule has 0 saturated carbocycles. The zero-order valence-electron chi connectivity index (χ0n) is 13.1. The number of hydrogen-bond acceptors (Lipinski definition) is 3. The van der Waals surface area contributed by atoms with E-state index in [4.69, 9.17) is 16.3 Å². The lowest BCUT2D eigenvalue weighted by Crippen LogP contribution is -2.33. The Morgan fingerprint density at radius 1 is 1.29 bits per heavy atom. The first-order valence-electron chi connectivity index (χ1n) is 7.47. The number of nitrogens with zero attached hydrogens (tertiary/aromatic N) is 1. The predicted octanol–water partition coefficient (Wildman–Crippen LogP) is 3.80. The van der Waals surface area contributed by atoms with Crippen LogP contribution in [-0.4, -0.2) is 37.6 Å². The fraction of sp³-hybridized carbons (Fsp3) is 0.562. The van der Waals surface area contributed by atoms with E-state index in [0.29, 0.717) is 23.7 Å². The molecule has 1 aromatic rings. The number of anilines is 1. The number of nitrogens with one attached hydrogen (secondary N) is 1. The van der Waals surface area contributed by atoms with Crippen molar-refractivity contribution < 1.29 is 9.53 Å². The van der Waals surface area contributed by atoms with Gasteiger partial charge in [0, 0.05) is 31.7 Å². The first-order valence-corrected chi connectivity index (χ1v) is 7.85. The second kappa shape index (κ2) is 9.50. The SMILES string of the molecule is CCCN(CCC)C(=O)CCNc1ccc(OC)c(Cl)c1. The minimum absolute atomic E-state index is 0.200. The molecule has 0 spiro atoms. The summed E-state index contributed by atoms with van der Waals surface area (Å²) in [5.74, 6) is 0.848. The average molecular weight is 313 g/mol. The van der Waals surface area contributed by atoms with Crippen LogP contribution >= 0.6 is 11.6 Å². The molecule has 0 aliphatic heterocycles. The molecule has 0 aliphatic rings. The van der Waals surface area contributed by atoms with E-state index in [1.54, 1.807) is 13.2 Å². The third kappa shape index (κ3) is 5.84. The summed E-state index contributed by atoms with van der Waals surface area (Å²) in [6.07, 6.45) is 2.48. The maximum Gasteiger partial charge on any atom is 0.224 e. The van der Waals surface area contributed by atoms with E-state index in [9.17, 15) is 4.79 Å². The molecule has 0 radical (unpaired) electrons. The van der Waals surface area contributed by atoms with Gasteiger partial charge in [0.25, 0.3) is 0 Å². The van der Waals surface area contributed by atoms with Crippen LogP contribution < -0.4 is 10.1 Å². The summed E-state index contributed by atoms with van der Waals surface area (Å²) >= 11 is 6.06. The third-order valence-electron chi connectivity index (χ3n) is 3.16. The monoisotopic (exact) mass is 312 g/mol. The molecule has 0 atom stereocenters. The highest BCUT2D eigenvalue weighted by molar-refractivity contribution is 6.32. The van der Waals surface area contributed by atoms with Gasteiger partial charge in [0.2, 0.25) is 5.91 Å². The first-order chi connectivity index (χ1) is 10.1. The van der Waals surface area contributed by atoms with Gasteiger partial charge in [-0.05, 0) is 31.0 Å². The molecule has 1 N–H and O–H groups in total. The first kappa shape index (κ1) is 17.6. The molecule has 0 heterocycles. The Kier molecular flexibility index (Phi) is 7.98. The highest BCUT2D eigenvalue weighted by Gasteiger charge is 2.11. The molecule has 4 nitrogen and oxygen atoms in total. The molecule has 21 heavy (non-hydrogen) atoms. The lowest BCUT2D eigenvalue weighted by atomic mass is 10.2. The molecule has 5 heteroatoms. The van der Waals surface area contributed by atoms with Crippen LogP contribution in [0.4, 0.5) is 5.69 Å². The van der Waals surface area contributed by atoms with Crippen molar-refractivity contribution in [1.82, 2.24) is 4.90 Å². The van der Waals surface area contributed by atoms with Gasteiger partial charge in [-0.25, -0.2) is 0 Å². The van der Waals surface area contributed by atoms with Crippen molar-refractivity contribution in [3.8, 4) is 5.75 Å². The number of rotatable bonds is 9. The van der Waals surface area contributed by atoms with Crippen molar-refractivity contribution in [2.75, 3.05) is 32.1 Å². The van der Waals surface area contributed by atoms with Gasteiger partial charge in [0.15, 0.2) is 0 Å². The fourth-order valence-electron chi connectivity index (χ4n) is 2.15. The van der Waals surface area contributed by atoms with Gasteiger partial charge >= 0.3 is 0 Å². The summed E-state index contributed by atoms with van der Waals surface area (Å²) in [4.78, 5) is 14.1. The van der Waals surface area contributed by atoms with Crippen molar-refractivity contribution in [2.45, 2.75) is 33.1 Å². The molecule has 0 aromatic heterocycles. The standard InChI is InChI=1S/C16H25ClN2O2/c1-4-10-19(11-5-2)16(20)8-9-18-13-6-7-15(21-3)14(17)12-13/h6-7,12,18H,4-5,8-11H2,1-3H3. The number of ether oxygens (including phenoxy) is 1. The number of carbonyl (C=O) groups excluding carboxylic acids is 1. The van der Waals surface area contributed by atoms with Crippen LogP contribution in [-0.2, 0) is 4.79 Å². The largest absolute Gasteiger partial charge is 0.495 e. The minimum atomic E-state index is 0.200. The summed E-state index contributed by atoms with van der Waals surface area (Å²) in [5, 5.41) is 3.78. The highest BCUT2D eigenvalue weighted by atomic mass is 35.5. The lowest BCUT2D eigenvalue weighted by molar-refractivity contribution is -0.131. The molecule has 0 aliphatic carbocycles. The van der Waals surface area contributed by atoms with E-state index >= 15 is 0 Å². The van der Waals surface area contributed by atoms with Crippen molar-refractivity contribution in [1.29, 1.82) is 0 Å². The van der Waals surface area contributed by atoms with Gasteiger partial charge < -0.3 is 15.0 Å². The van der Waals surface area contributed by atoms with Gasteiger partial charge in [0.1, 0.15) is 5.75 Å². The summed E-state index contributed by atoms with van der Waals surface area (Å²) in [6.45, 7) is 6.45. The van der Waals surface area contributed by atoms with Gasteiger partial charge in [-0.1, -0.05) is 25.4 Å². The van der Waals surface area contributed by atoms with Crippen LogP contribution in [0.25, 0.3) is 0 Å². The van der Waals surface area contributed by atoms with E-state index in [0.717, 1.165) is 31.6 Å². The van der Waals surface area contributed by atoms with Gasteiger partial charge in [-0.3, -0.25) is 4.79 Å². The summed E-state index contributed by atoms with van der Waals surface area (Å²) in [5.41, 5.74) is 0.895. The zero-order chi connectivity index (χ0) is 15.7. The van der Waals surface area contributed by atoms with Crippen LogP contribution in [0.5, 0.6) is 5.75 Å². The van der Waals surface area contributed by atoms with E-state index in [2.05, 4.69) is 19.2 Å². The number of amides is 1. The summed E-state index contributed by atoms with van der Waals surface area (Å²) < 4.78 is 5.11. The Hall–Kier alpha value is -1.42. The highest BCUT2D eigenvalue weighted by Crippen LogP contribution is 2.27. The summed E-state index contributed by atoms with van der Waals surface area (Å²) in [7, 11) is 1.59. The van der Waals surface area contributed by atoms with E-state index < -0.39 is 0 Å². The maximum absolute atomic E-state index is 12.1. The normalized spacial score (nSPS) is 10.3. The van der Waals surface area contributed by atoms with Crippen LogP contribution in [0.1, 0.15) is 33.1 Å². The quantitative estimate of drug-likeness (QED) is 0.754. The predicted molar refractivity (Wildman–Crippen MR) is 88.3 cm³/mol.